The molecule has 0 atom stereocenters. The van der Waals surface area contributed by atoms with Gasteiger partial charge in [-0.15, -0.1) is 0 Å². The van der Waals surface area contributed by atoms with Gasteiger partial charge in [0.25, 0.3) is 0 Å². The Balaban J connectivity index is 1.89. The number of nitrogens with one attached hydrogen (secondary N) is 1. The van der Waals surface area contributed by atoms with E-state index in [1.54, 1.807) is 0 Å². The van der Waals surface area contributed by atoms with Crippen molar-refractivity contribution in [2.75, 3.05) is 13.1 Å². The summed E-state index contributed by atoms with van der Waals surface area (Å²) in [6, 6.07) is 0. The van der Waals surface area contributed by atoms with E-state index in [-0.39, 0.29) is 5.54 Å². The summed E-state index contributed by atoms with van der Waals surface area (Å²) in [5, 5.41) is 3.57. The molecule has 2 heteroatoms. The predicted molar refractivity (Wildman–Crippen MR) is 80.8 cm³/mol. The molecule has 0 amide bonds. The van der Waals surface area contributed by atoms with Gasteiger partial charge in [-0.1, -0.05) is 58.8 Å². The van der Waals surface area contributed by atoms with Crippen molar-refractivity contribution in [3.05, 3.63) is 0 Å². The van der Waals surface area contributed by atoms with Gasteiger partial charge in [0.15, 0.2) is 0 Å². The molecule has 2 nitrogen and oxygen atoms in total. The Morgan fingerprint density at radius 2 is 1.67 bits per heavy atom. The number of hydrogen-bond acceptors (Lipinski definition) is 2. The fourth-order valence-electron chi connectivity index (χ4n) is 2.93. The molecule has 0 unspecified atom stereocenters. The number of nitrogens with two attached hydrogens (primary N) is 1. The lowest BCUT2D eigenvalue weighted by atomic mass is 9.82. The van der Waals surface area contributed by atoms with Crippen molar-refractivity contribution in [2.24, 2.45) is 11.7 Å². The summed E-state index contributed by atoms with van der Waals surface area (Å²) in [5.41, 5.74) is 6.50. The Morgan fingerprint density at radius 1 is 1.00 bits per heavy atom. The normalized spacial score (nSPS) is 19.3. The lowest BCUT2D eigenvalue weighted by molar-refractivity contribution is 0.283. The van der Waals surface area contributed by atoms with Gasteiger partial charge in [-0.25, -0.2) is 0 Å². The Hall–Kier alpha value is -0.0800. The van der Waals surface area contributed by atoms with Crippen molar-refractivity contribution in [2.45, 2.75) is 83.6 Å². The summed E-state index contributed by atoms with van der Waals surface area (Å²) in [6.07, 6.45) is 13.3. The highest BCUT2D eigenvalue weighted by atomic mass is 14.9. The quantitative estimate of drug-likeness (QED) is 0.613. The molecule has 1 aliphatic rings. The molecule has 1 fully saturated rings. The fraction of sp³-hybridized carbons (Fsp3) is 1.00. The average molecular weight is 254 g/mol. The summed E-state index contributed by atoms with van der Waals surface area (Å²) in [4.78, 5) is 0. The number of rotatable bonds is 9. The molecule has 108 valence electrons. The van der Waals surface area contributed by atoms with Crippen molar-refractivity contribution in [3.8, 4) is 0 Å². The van der Waals surface area contributed by atoms with Crippen molar-refractivity contribution in [1.29, 1.82) is 0 Å². The third kappa shape index (κ3) is 7.38. The summed E-state index contributed by atoms with van der Waals surface area (Å²) in [6.45, 7) is 6.80. The molecule has 1 rings (SSSR count). The van der Waals surface area contributed by atoms with Gasteiger partial charge in [0, 0.05) is 12.1 Å². The van der Waals surface area contributed by atoms with Gasteiger partial charge in [0.2, 0.25) is 0 Å². The average Bonchev–Trinajstić information content (AvgIpc) is 2.33. The molecule has 18 heavy (non-hydrogen) atoms. The van der Waals surface area contributed by atoms with E-state index < -0.39 is 0 Å². The third-order valence-corrected chi connectivity index (χ3v) is 4.21. The minimum atomic E-state index is 0.107. The molecule has 0 aliphatic heterocycles. The Bertz CT molecular complexity index is 195. The zero-order valence-corrected chi connectivity index (χ0v) is 12.6. The molecular formula is C16H34N2. The van der Waals surface area contributed by atoms with Crippen LogP contribution in [0.3, 0.4) is 0 Å². The Labute approximate surface area is 114 Å². The summed E-state index contributed by atoms with van der Waals surface area (Å²) in [7, 11) is 0. The maximum absolute atomic E-state index is 6.39. The maximum Gasteiger partial charge on any atom is 0.0280 e. The van der Waals surface area contributed by atoms with E-state index in [1.165, 1.54) is 64.2 Å². The monoisotopic (exact) mass is 254 g/mol. The van der Waals surface area contributed by atoms with Gasteiger partial charge in [0.1, 0.15) is 0 Å². The zero-order chi connectivity index (χ0) is 13.3. The van der Waals surface area contributed by atoms with Gasteiger partial charge in [-0.2, -0.15) is 0 Å². The Kier molecular flexibility index (Phi) is 7.92. The van der Waals surface area contributed by atoms with Crippen molar-refractivity contribution in [1.82, 2.24) is 5.32 Å². The second kappa shape index (κ2) is 8.92. The van der Waals surface area contributed by atoms with E-state index in [0.29, 0.717) is 0 Å². The number of unbranched alkanes of at least 4 members (excludes halogenated alkanes) is 3. The van der Waals surface area contributed by atoms with Crippen LogP contribution in [0.2, 0.25) is 0 Å². The molecule has 0 bridgehead atoms. The highest BCUT2D eigenvalue weighted by molar-refractivity contribution is 4.89. The molecule has 1 saturated carbocycles. The maximum atomic E-state index is 6.39. The molecule has 0 spiro atoms. The summed E-state index contributed by atoms with van der Waals surface area (Å²) >= 11 is 0. The molecule has 0 aromatic heterocycles. The Morgan fingerprint density at radius 3 is 2.33 bits per heavy atom. The molecular weight excluding hydrogens is 220 g/mol. The minimum Gasteiger partial charge on any atom is -0.324 e. The molecule has 0 saturated heterocycles. The summed E-state index contributed by atoms with van der Waals surface area (Å²) < 4.78 is 0. The summed E-state index contributed by atoms with van der Waals surface area (Å²) in [5.74, 6) is 0.867. The fourth-order valence-corrected chi connectivity index (χ4v) is 2.93. The first-order chi connectivity index (χ1) is 8.62. The minimum absolute atomic E-state index is 0.107. The van der Waals surface area contributed by atoms with Crippen LogP contribution in [0, 0.1) is 5.92 Å². The molecule has 3 N–H and O–H groups in total. The van der Waals surface area contributed by atoms with Gasteiger partial charge < -0.3 is 11.1 Å². The van der Waals surface area contributed by atoms with E-state index in [1.807, 2.05) is 0 Å². The molecule has 0 aromatic rings. The SMILES string of the molecule is CC(C)CCCCCCNCC1(N)CCCCC1. The highest BCUT2D eigenvalue weighted by Gasteiger charge is 2.26. The van der Waals surface area contributed by atoms with Gasteiger partial charge in [0.05, 0.1) is 0 Å². The van der Waals surface area contributed by atoms with Crippen LogP contribution in [0.15, 0.2) is 0 Å². The topological polar surface area (TPSA) is 38.0 Å². The van der Waals surface area contributed by atoms with E-state index in [9.17, 15) is 0 Å². The highest BCUT2D eigenvalue weighted by Crippen LogP contribution is 2.25. The van der Waals surface area contributed by atoms with E-state index in [2.05, 4.69) is 19.2 Å². The standard InChI is InChI=1S/C16H34N2/c1-15(2)10-6-3-4-9-13-18-14-16(17)11-7-5-8-12-16/h15,18H,3-14,17H2,1-2H3. The van der Waals surface area contributed by atoms with E-state index in [4.69, 9.17) is 5.73 Å². The first-order valence-corrected chi connectivity index (χ1v) is 8.12. The van der Waals surface area contributed by atoms with Crippen LogP contribution in [0.4, 0.5) is 0 Å². The largest absolute Gasteiger partial charge is 0.324 e. The van der Waals surface area contributed by atoms with Crippen LogP contribution in [-0.2, 0) is 0 Å². The second-order valence-electron chi connectivity index (χ2n) is 6.70. The first-order valence-electron chi connectivity index (χ1n) is 8.12. The lowest BCUT2D eigenvalue weighted by Gasteiger charge is -2.33. The lowest BCUT2D eigenvalue weighted by Crippen LogP contribution is -2.50. The van der Waals surface area contributed by atoms with Gasteiger partial charge >= 0.3 is 0 Å². The van der Waals surface area contributed by atoms with E-state index in [0.717, 1.165) is 19.0 Å². The van der Waals surface area contributed by atoms with Crippen molar-refractivity contribution in [3.63, 3.8) is 0 Å². The van der Waals surface area contributed by atoms with Gasteiger partial charge in [-0.05, 0) is 31.7 Å². The first kappa shape index (κ1) is 16.0. The van der Waals surface area contributed by atoms with Crippen molar-refractivity contribution < 1.29 is 0 Å². The van der Waals surface area contributed by atoms with Crippen LogP contribution in [0.1, 0.15) is 78.1 Å². The van der Waals surface area contributed by atoms with Crippen LogP contribution < -0.4 is 11.1 Å². The molecule has 0 heterocycles. The number of hydrogen-bond donors (Lipinski definition) is 2. The van der Waals surface area contributed by atoms with Crippen molar-refractivity contribution >= 4 is 0 Å². The molecule has 0 radical (unpaired) electrons. The van der Waals surface area contributed by atoms with E-state index >= 15 is 0 Å². The van der Waals surface area contributed by atoms with Crippen LogP contribution in [0.25, 0.3) is 0 Å². The zero-order valence-electron chi connectivity index (χ0n) is 12.6. The van der Waals surface area contributed by atoms with Crippen LogP contribution >= 0.6 is 0 Å². The predicted octanol–water partition coefficient (Wildman–Crippen LogP) is 3.84. The van der Waals surface area contributed by atoms with Crippen LogP contribution in [-0.4, -0.2) is 18.6 Å². The third-order valence-electron chi connectivity index (χ3n) is 4.21. The second-order valence-corrected chi connectivity index (χ2v) is 6.70. The molecule has 0 aromatic carbocycles. The van der Waals surface area contributed by atoms with Crippen LogP contribution in [0.5, 0.6) is 0 Å². The van der Waals surface area contributed by atoms with Gasteiger partial charge in [-0.3, -0.25) is 0 Å². The smallest absolute Gasteiger partial charge is 0.0280 e. The molecule has 1 aliphatic carbocycles.